The van der Waals surface area contributed by atoms with E-state index in [4.69, 9.17) is 9.47 Å². The van der Waals surface area contributed by atoms with Gasteiger partial charge in [-0.2, -0.15) is 5.26 Å². The van der Waals surface area contributed by atoms with Gasteiger partial charge in [-0.05, 0) is 82.1 Å². The first-order valence-electron chi connectivity index (χ1n) is 12.5. The van der Waals surface area contributed by atoms with Gasteiger partial charge in [0.1, 0.15) is 23.3 Å². The molecule has 1 aromatic heterocycles. The van der Waals surface area contributed by atoms with Crippen LogP contribution in [-0.4, -0.2) is 48.7 Å². The largest absolute Gasteiger partial charge is 0.492 e. The van der Waals surface area contributed by atoms with Crippen molar-refractivity contribution >= 4 is 22.6 Å². The number of urea groups is 1. The molecule has 8 nitrogen and oxygen atoms in total. The maximum Gasteiger partial charge on any atom is 0.319 e. The van der Waals surface area contributed by atoms with E-state index in [0.717, 1.165) is 49.0 Å². The van der Waals surface area contributed by atoms with Gasteiger partial charge in [-0.15, -0.1) is 0 Å². The lowest BCUT2D eigenvalue weighted by Crippen LogP contribution is -2.34. The third kappa shape index (κ3) is 5.69. The first-order valence-corrected chi connectivity index (χ1v) is 12.5. The molecule has 1 saturated carbocycles. The van der Waals surface area contributed by atoms with E-state index < -0.39 is 0 Å². The lowest BCUT2D eigenvalue weighted by Gasteiger charge is -2.29. The molecule has 1 aliphatic carbocycles. The van der Waals surface area contributed by atoms with Crippen molar-refractivity contribution in [1.82, 2.24) is 15.2 Å². The molecule has 0 radical (unpaired) electrons. The van der Waals surface area contributed by atoms with Gasteiger partial charge in [0.15, 0.2) is 0 Å². The second-order valence-electron chi connectivity index (χ2n) is 9.82. The van der Waals surface area contributed by atoms with Crippen molar-refractivity contribution in [3.63, 3.8) is 0 Å². The van der Waals surface area contributed by atoms with Crippen molar-refractivity contribution < 1.29 is 14.3 Å². The number of hydrogen-bond acceptors (Lipinski definition) is 6. The molecule has 2 aromatic carbocycles. The summed E-state index contributed by atoms with van der Waals surface area (Å²) in [5.74, 6) is 2.24. The van der Waals surface area contributed by atoms with E-state index in [2.05, 4.69) is 33.6 Å². The first kappa shape index (κ1) is 23.9. The number of benzene rings is 2. The van der Waals surface area contributed by atoms with Crippen LogP contribution in [0, 0.1) is 24.2 Å². The number of carbonyl (C=O) groups excluding carboxylic acids is 1. The normalized spacial score (nSPS) is 17.9. The van der Waals surface area contributed by atoms with E-state index in [9.17, 15) is 10.1 Å². The number of fused-ring (bicyclic) bond motifs is 1. The smallest absolute Gasteiger partial charge is 0.319 e. The van der Waals surface area contributed by atoms with E-state index in [1.54, 1.807) is 18.3 Å². The van der Waals surface area contributed by atoms with Crippen molar-refractivity contribution in [2.24, 2.45) is 5.92 Å². The summed E-state index contributed by atoms with van der Waals surface area (Å²) < 4.78 is 12.3. The lowest BCUT2D eigenvalue weighted by atomic mass is 9.99. The number of aryl methyl sites for hydroxylation is 1. The Morgan fingerprint density at radius 3 is 2.81 bits per heavy atom. The van der Waals surface area contributed by atoms with Crippen molar-refractivity contribution in [2.75, 3.05) is 32.1 Å². The minimum absolute atomic E-state index is 0.188. The van der Waals surface area contributed by atoms with Gasteiger partial charge in [-0.1, -0.05) is 0 Å². The molecule has 8 heteroatoms. The molecule has 2 fully saturated rings. The zero-order valence-corrected chi connectivity index (χ0v) is 20.7. The molecular weight excluding hydrogens is 454 g/mol. The topological polar surface area (TPSA) is 99.5 Å². The summed E-state index contributed by atoms with van der Waals surface area (Å²) in [4.78, 5) is 18.9. The quantitative estimate of drug-likeness (QED) is 0.477. The van der Waals surface area contributed by atoms with Crippen LogP contribution in [0.15, 0.2) is 42.6 Å². The van der Waals surface area contributed by atoms with E-state index >= 15 is 0 Å². The molecular formula is C28H31N5O3. The lowest BCUT2D eigenvalue weighted by molar-refractivity contribution is 0.150. The number of carbonyl (C=O) groups is 1. The fourth-order valence-corrected chi connectivity index (χ4v) is 4.60. The highest BCUT2D eigenvalue weighted by molar-refractivity contribution is 5.91. The van der Waals surface area contributed by atoms with Gasteiger partial charge in [-0.25, -0.2) is 4.79 Å². The number of anilines is 1. The third-order valence-corrected chi connectivity index (χ3v) is 6.71. The SMILES string of the molecule is Cc1cc(Oc2ccnc3cc(OCC4CCCN(C)C4)c(C#N)cc23)ccc1NC(=O)NC1CC1. The fourth-order valence-electron chi connectivity index (χ4n) is 4.60. The third-order valence-electron chi connectivity index (χ3n) is 6.71. The zero-order valence-electron chi connectivity index (χ0n) is 20.7. The number of nitriles is 1. The van der Waals surface area contributed by atoms with Gasteiger partial charge >= 0.3 is 6.03 Å². The van der Waals surface area contributed by atoms with Gasteiger partial charge in [0.25, 0.3) is 0 Å². The summed E-state index contributed by atoms with van der Waals surface area (Å²) in [5, 5.41) is 16.3. The van der Waals surface area contributed by atoms with Crippen LogP contribution in [0.1, 0.15) is 36.8 Å². The molecule has 36 heavy (non-hydrogen) atoms. The number of pyridine rings is 1. The number of nitrogens with one attached hydrogen (secondary N) is 2. The molecule has 0 bridgehead atoms. The van der Waals surface area contributed by atoms with Crippen molar-refractivity contribution in [3.8, 4) is 23.3 Å². The summed E-state index contributed by atoms with van der Waals surface area (Å²) in [6.45, 7) is 4.63. The molecule has 0 spiro atoms. The standard InChI is InChI=1S/C28H31N5O3/c1-18-12-22(7-8-24(18)32-28(34)31-21-5-6-21)36-26-9-10-30-25-14-27(20(15-29)13-23(25)26)35-17-19-4-3-11-33(2)16-19/h7-10,12-14,19,21H,3-6,11,16-17H2,1-2H3,(H2,31,32,34). The molecule has 2 heterocycles. The zero-order chi connectivity index (χ0) is 25.1. The minimum atomic E-state index is -0.188. The summed E-state index contributed by atoms with van der Waals surface area (Å²) in [6, 6.07) is 13.3. The molecule has 1 atom stereocenters. The number of aromatic nitrogens is 1. The van der Waals surface area contributed by atoms with E-state index in [1.807, 2.05) is 31.2 Å². The van der Waals surface area contributed by atoms with Crippen molar-refractivity contribution in [1.29, 1.82) is 5.26 Å². The second kappa shape index (κ2) is 10.4. The van der Waals surface area contributed by atoms with Crippen LogP contribution >= 0.6 is 0 Å². The number of piperidine rings is 1. The Bertz CT molecular complexity index is 1310. The fraction of sp³-hybridized carbons (Fsp3) is 0.393. The van der Waals surface area contributed by atoms with Gasteiger partial charge < -0.3 is 25.0 Å². The average molecular weight is 486 g/mol. The molecule has 2 N–H and O–H groups in total. The van der Waals surface area contributed by atoms with Crippen molar-refractivity contribution in [2.45, 2.75) is 38.6 Å². The van der Waals surface area contributed by atoms with Crippen LogP contribution in [0.3, 0.4) is 0 Å². The Morgan fingerprint density at radius 2 is 2.06 bits per heavy atom. The highest BCUT2D eigenvalue weighted by atomic mass is 16.5. The van der Waals surface area contributed by atoms with Crippen LogP contribution in [-0.2, 0) is 0 Å². The maximum absolute atomic E-state index is 12.1. The number of rotatable bonds is 7. The van der Waals surface area contributed by atoms with Crippen LogP contribution in [0.25, 0.3) is 10.9 Å². The summed E-state index contributed by atoms with van der Waals surface area (Å²) in [7, 11) is 2.13. The van der Waals surface area contributed by atoms with Gasteiger partial charge in [-0.3, -0.25) is 4.98 Å². The molecule has 186 valence electrons. The van der Waals surface area contributed by atoms with Crippen LogP contribution in [0.4, 0.5) is 10.5 Å². The number of ether oxygens (including phenoxy) is 2. The monoisotopic (exact) mass is 485 g/mol. The molecule has 2 amide bonds. The van der Waals surface area contributed by atoms with Gasteiger partial charge in [0.05, 0.1) is 17.7 Å². The van der Waals surface area contributed by atoms with Crippen LogP contribution < -0.4 is 20.1 Å². The summed E-state index contributed by atoms with van der Waals surface area (Å²) in [6.07, 6.45) is 6.07. The molecule has 3 aromatic rings. The van der Waals surface area contributed by atoms with Crippen molar-refractivity contribution in [3.05, 3.63) is 53.7 Å². The predicted octanol–water partition coefficient (Wildman–Crippen LogP) is 5.21. The molecule has 1 unspecified atom stereocenters. The first-order chi connectivity index (χ1) is 17.5. The Hall–Kier alpha value is -3.83. The summed E-state index contributed by atoms with van der Waals surface area (Å²) >= 11 is 0. The molecule has 5 rings (SSSR count). The maximum atomic E-state index is 12.1. The number of amides is 2. The van der Waals surface area contributed by atoms with Crippen LogP contribution in [0.5, 0.6) is 17.2 Å². The highest BCUT2D eigenvalue weighted by Crippen LogP contribution is 2.34. The Morgan fingerprint density at radius 1 is 1.19 bits per heavy atom. The minimum Gasteiger partial charge on any atom is -0.492 e. The van der Waals surface area contributed by atoms with E-state index in [0.29, 0.717) is 46.9 Å². The van der Waals surface area contributed by atoms with E-state index in [1.165, 1.54) is 6.42 Å². The Labute approximate surface area is 211 Å². The summed E-state index contributed by atoms with van der Waals surface area (Å²) in [5.41, 5.74) is 2.78. The molecule has 2 aliphatic rings. The van der Waals surface area contributed by atoms with Crippen LogP contribution in [0.2, 0.25) is 0 Å². The van der Waals surface area contributed by atoms with Gasteiger partial charge in [0.2, 0.25) is 0 Å². The highest BCUT2D eigenvalue weighted by Gasteiger charge is 2.23. The van der Waals surface area contributed by atoms with E-state index in [-0.39, 0.29) is 6.03 Å². The Balaban J connectivity index is 1.32. The number of nitrogens with zero attached hydrogens (tertiary/aromatic N) is 3. The average Bonchev–Trinajstić information content (AvgIpc) is 3.68. The Kier molecular flexibility index (Phi) is 6.92. The predicted molar refractivity (Wildman–Crippen MR) is 139 cm³/mol. The number of hydrogen-bond donors (Lipinski definition) is 2. The molecule has 1 aliphatic heterocycles. The number of likely N-dealkylation sites (tertiary alicyclic amines) is 1. The molecule has 1 saturated heterocycles. The van der Waals surface area contributed by atoms with Gasteiger partial charge in [0, 0.05) is 41.8 Å². The second-order valence-corrected chi connectivity index (χ2v) is 9.82.